The summed E-state index contributed by atoms with van der Waals surface area (Å²) in [5.74, 6) is 0. The molecule has 0 saturated carbocycles. The molecule has 0 saturated heterocycles. The van der Waals surface area contributed by atoms with E-state index in [1.807, 2.05) is 25.1 Å². The number of hydrogen-bond acceptors (Lipinski definition) is 1. The summed E-state index contributed by atoms with van der Waals surface area (Å²) >= 11 is 0. The van der Waals surface area contributed by atoms with Crippen LogP contribution < -0.4 is 5.73 Å². The third-order valence-electron chi connectivity index (χ3n) is 1.40. The van der Waals surface area contributed by atoms with Gasteiger partial charge in [0, 0.05) is 27.1 Å². The second-order valence-electron chi connectivity index (χ2n) is 2.67. The van der Waals surface area contributed by atoms with Gasteiger partial charge in [0.2, 0.25) is 0 Å². The fourth-order valence-electron chi connectivity index (χ4n) is 0.986. The van der Waals surface area contributed by atoms with Gasteiger partial charge in [-0.2, -0.15) is 0 Å². The van der Waals surface area contributed by atoms with Crippen LogP contribution in [0.2, 0.25) is 0 Å². The maximum absolute atomic E-state index is 5.62. The molecule has 0 aliphatic heterocycles. The molecule has 0 aliphatic carbocycles. The number of hydrogen-bond donors (Lipinski definition) is 1. The number of nitrogens with two attached hydrogens (primary N) is 1. The largest absolute Gasteiger partial charge is 0.328 e. The van der Waals surface area contributed by atoms with Gasteiger partial charge in [-0.1, -0.05) is 30.3 Å². The molecule has 0 fully saturated rings. The molecule has 64 valence electrons. The third kappa shape index (κ3) is 4.34. The molecule has 0 amide bonds. The molecule has 0 spiro atoms. The topological polar surface area (TPSA) is 26.0 Å². The smallest absolute Gasteiger partial charge is 0.00509 e. The molecule has 0 aliphatic rings. The molecule has 1 atom stereocenters. The van der Waals surface area contributed by atoms with Crippen molar-refractivity contribution in [2.24, 2.45) is 5.73 Å². The minimum Gasteiger partial charge on any atom is -0.328 e. The first-order chi connectivity index (χ1) is 4.79. The first-order valence-corrected chi connectivity index (χ1v) is 3.58. The third-order valence-corrected chi connectivity index (χ3v) is 1.40. The summed E-state index contributed by atoms with van der Waals surface area (Å²) in [6, 6.07) is 10.6. The van der Waals surface area contributed by atoms with Gasteiger partial charge in [-0.05, 0) is 18.9 Å². The van der Waals surface area contributed by atoms with Crippen LogP contribution in [0, 0.1) is 0 Å². The molecule has 2 heteroatoms. The van der Waals surface area contributed by atoms with E-state index in [0.717, 1.165) is 6.42 Å². The van der Waals surface area contributed by atoms with E-state index in [0.29, 0.717) is 0 Å². The Bertz CT molecular complexity index is 184. The van der Waals surface area contributed by atoms with Gasteiger partial charge in [0.15, 0.2) is 0 Å². The van der Waals surface area contributed by atoms with Gasteiger partial charge in [0.25, 0.3) is 0 Å². The van der Waals surface area contributed by atoms with Gasteiger partial charge < -0.3 is 5.73 Å². The fraction of sp³-hybridized carbons (Fsp3) is 0.333. The van der Waals surface area contributed by atoms with E-state index >= 15 is 0 Å². The monoisotopic (exact) mass is 330 g/mol. The summed E-state index contributed by atoms with van der Waals surface area (Å²) in [4.78, 5) is 0. The first-order valence-electron chi connectivity index (χ1n) is 3.58. The molecule has 0 bridgehead atoms. The zero-order valence-electron chi connectivity index (χ0n) is 6.56. The maximum atomic E-state index is 5.62. The summed E-state index contributed by atoms with van der Waals surface area (Å²) < 4.78 is 0. The molecule has 11 heavy (non-hydrogen) atoms. The second-order valence-corrected chi connectivity index (χ2v) is 2.67. The second kappa shape index (κ2) is 5.51. The van der Waals surface area contributed by atoms with Crippen LogP contribution in [0.3, 0.4) is 0 Å². The molecule has 0 radical (unpaired) electrons. The quantitative estimate of drug-likeness (QED) is 0.875. The van der Waals surface area contributed by atoms with Crippen LogP contribution in [-0.2, 0) is 27.5 Å². The van der Waals surface area contributed by atoms with Gasteiger partial charge in [0.1, 0.15) is 0 Å². The molecular weight excluding hydrogens is 317 g/mol. The normalized spacial score (nSPS) is 11.8. The van der Waals surface area contributed by atoms with Crippen LogP contribution in [0.4, 0.5) is 0 Å². The molecule has 0 aromatic heterocycles. The Morgan fingerprint density at radius 3 is 2.27 bits per heavy atom. The van der Waals surface area contributed by atoms with Crippen molar-refractivity contribution in [2.45, 2.75) is 19.4 Å². The molecule has 1 nitrogen and oxygen atoms in total. The van der Waals surface area contributed by atoms with Crippen LogP contribution in [0.1, 0.15) is 12.5 Å². The Morgan fingerprint density at radius 2 is 1.82 bits per heavy atom. The zero-order valence-corrected chi connectivity index (χ0v) is 8.84. The van der Waals surface area contributed by atoms with E-state index in [1.165, 1.54) is 5.56 Å². The van der Waals surface area contributed by atoms with Crippen molar-refractivity contribution in [2.75, 3.05) is 0 Å². The Labute approximate surface area is 82.3 Å². The molecule has 2 N–H and O–H groups in total. The Kier molecular flexibility index (Phi) is 5.44. The summed E-state index contributed by atoms with van der Waals surface area (Å²) in [6.07, 6.45) is 0.973. The summed E-state index contributed by atoms with van der Waals surface area (Å²) in [5.41, 5.74) is 6.94. The maximum Gasteiger partial charge on any atom is 0.00509 e. The van der Waals surface area contributed by atoms with Crippen molar-refractivity contribution in [1.82, 2.24) is 0 Å². The fourth-order valence-corrected chi connectivity index (χ4v) is 0.986. The van der Waals surface area contributed by atoms with E-state index in [-0.39, 0.29) is 27.1 Å². The zero-order chi connectivity index (χ0) is 7.40. The molecule has 1 aromatic carbocycles. The molecule has 1 unspecified atom stereocenters. The minimum absolute atomic E-state index is 0. The van der Waals surface area contributed by atoms with Crippen molar-refractivity contribution in [3.05, 3.63) is 35.9 Å². The van der Waals surface area contributed by atoms with E-state index < -0.39 is 0 Å². The van der Waals surface area contributed by atoms with Gasteiger partial charge in [-0.3, -0.25) is 0 Å². The Balaban J connectivity index is 0.000001000. The van der Waals surface area contributed by atoms with Crippen LogP contribution >= 0.6 is 0 Å². The van der Waals surface area contributed by atoms with Gasteiger partial charge in [0.05, 0.1) is 0 Å². The van der Waals surface area contributed by atoms with Gasteiger partial charge in [-0.25, -0.2) is 0 Å². The standard InChI is InChI=1S/C9H13N.Pt/c1-8(10)7-9-5-3-2-4-6-9;/h2-6,8H,7,10H2,1H3;. The first kappa shape index (κ1) is 10.9. The van der Waals surface area contributed by atoms with Gasteiger partial charge in [-0.15, -0.1) is 0 Å². The molecule has 1 aromatic rings. The number of rotatable bonds is 2. The van der Waals surface area contributed by atoms with Crippen LogP contribution in [0.25, 0.3) is 0 Å². The SMILES string of the molecule is CC(N)Cc1ccccc1.[Pt]. The van der Waals surface area contributed by atoms with Crippen molar-refractivity contribution >= 4 is 0 Å². The van der Waals surface area contributed by atoms with E-state index in [1.54, 1.807) is 0 Å². The van der Waals surface area contributed by atoms with Crippen LogP contribution in [0.5, 0.6) is 0 Å². The van der Waals surface area contributed by atoms with Crippen LogP contribution in [0.15, 0.2) is 30.3 Å². The molecular formula is C9H13NPt. The predicted molar refractivity (Wildman–Crippen MR) is 43.8 cm³/mol. The van der Waals surface area contributed by atoms with Crippen molar-refractivity contribution < 1.29 is 21.1 Å². The molecule has 1 rings (SSSR count). The van der Waals surface area contributed by atoms with Crippen molar-refractivity contribution in [3.8, 4) is 0 Å². The number of benzene rings is 1. The van der Waals surface area contributed by atoms with E-state index in [2.05, 4.69) is 12.1 Å². The summed E-state index contributed by atoms with van der Waals surface area (Å²) in [5, 5.41) is 0. The Morgan fingerprint density at radius 1 is 1.27 bits per heavy atom. The molecule has 0 heterocycles. The van der Waals surface area contributed by atoms with Gasteiger partial charge >= 0.3 is 0 Å². The van der Waals surface area contributed by atoms with Crippen molar-refractivity contribution in [3.63, 3.8) is 0 Å². The van der Waals surface area contributed by atoms with Crippen molar-refractivity contribution in [1.29, 1.82) is 0 Å². The minimum atomic E-state index is 0. The Hall–Kier alpha value is -0.132. The van der Waals surface area contributed by atoms with E-state index in [4.69, 9.17) is 5.73 Å². The summed E-state index contributed by atoms with van der Waals surface area (Å²) in [7, 11) is 0. The predicted octanol–water partition coefficient (Wildman–Crippen LogP) is 1.57. The average Bonchev–Trinajstić information content (AvgIpc) is 1.88. The average molecular weight is 330 g/mol. The van der Waals surface area contributed by atoms with E-state index in [9.17, 15) is 0 Å². The van der Waals surface area contributed by atoms with Crippen LogP contribution in [-0.4, -0.2) is 6.04 Å². The summed E-state index contributed by atoms with van der Waals surface area (Å²) in [6.45, 7) is 2.02.